The van der Waals surface area contributed by atoms with Gasteiger partial charge in [-0.2, -0.15) is 0 Å². The molecule has 0 bridgehead atoms. The third-order valence-corrected chi connectivity index (χ3v) is 5.79. The van der Waals surface area contributed by atoms with Gasteiger partial charge in [0.05, 0.1) is 5.75 Å². The van der Waals surface area contributed by atoms with Crippen LogP contribution in [0.1, 0.15) is 36.7 Å². The SMILES string of the molecule is C=CCn1c(COc2ccc(C(C)C)cc2)nnc1SCC(=O)Nc1cc(F)ccc1C. The maximum Gasteiger partial charge on any atom is 0.234 e. The zero-order valence-corrected chi connectivity index (χ0v) is 19.3. The van der Waals surface area contributed by atoms with Crippen LogP contribution in [0.25, 0.3) is 0 Å². The number of amides is 1. The number of ether oxygens (including phenoxy) is 1. The van der Waals surface area contributed by atoms with Crippen LogP contribution < -0.4 is 10.1 Å². The number of rotatable bonds is 10. The number of hydrogen-bond donors (Lipinski definition) is 1. The molecule has 0 aliphatic rings. The average molecular weight is 455 g/mol. The molecular formula is C24H27FN4O2S. The maximum atomic E-state index is 13.4. The number of halogens is 1. The first kappa shape index (κ1) is 23.5. The molecule has 32 heavy (non-hydrogen) atoms. The van der Waals surface area contributed by atoms with Gasteiger partial charge in [0.1, 0.15) is 18.2 Å². The van der Waals surface area contributed by atoms with E-state index in [4.69, 9.17) is 4.74 Å². The van der Waals surface area contributed by atoms with E-state index in [1.54, 1.807) is 12.1 Å². The predicted molar refractivity (Wildman–Crippen MR) is 126 cm³/mol. The van der Waals surface area contributed by atoms with Gasteiger partial charge in [-0.3, -0.25) is 9.36 Å². The standard InChI is InChI=1S/C24H27FN4O2S/c1-5-12-29-22(14-31-20-10-7-18(8-11-20)16(2)3)27-28-24(29)32-15-23(30)26-21-13-19(25)9-6-17(21)4/h5-11,13,16H,1,12,14-15H2,2-4H3,(H,26,30). The van der Waals surface area contributed by atoms with E-state index in [2.05, 4.69) is 48.1 Å². The van der Waals surface area contributed by atoms with Crippen molar-refractivity contribution in [1.29, 1.82) is 0 Å². The summed E-state index contributed by atoms with van der Waals surface area (Å²) in [5.74, 6) is 1.32. The molecule has 2 aromatic carbocycles. The highest BCUT2D eigenvalue weighted by molar-refractivity contribution is 7.99. The predicted octanol–water partition coefficient (Wildman–Crippen LogP) is 5.34. The van der Waals surface area contributed by atoms with Crippen LogP contribution >= 0.6 is 11.8 Å². The second-order valence-corrected chi connectivity index (χ2v) is 8.55. The summed E-state index contributed by atoms with van der Waals surface area (Å²) in [6, 6.07) is 12.3. The Morgan fingerprint density at radius 3 is 2.69 bits per heavy atom. The third-order valence-electron chi connectivity index (χ3n) is 4.83. The first-order chi connectivity index (χ1) is 15.4. The number of anilines is 1. The molecule has 6 nitrogen and oxygen atoms in total. The summed E-state index contributed by atoms with van der Waals surface area (Å²) in [5.41, 5.74) is 2.50. The molecule has 0 unspecified atom stereocenters. The number of thioether (sulfide) groups is 1. The largest absolute Gasteiger partial charge is 0.486 e. The van der Waals surface area contributed by atoms with Gasteiger partial charge in [-0.05, 0) is 48.2 Å². The molecule has 0 fully saturated rings. The average Bonchev–Trinajstić information content (AvgIpc) is 3.15. The molecule has 0 radical (unpaired) electrons. The lowest BCUT2D eigenvalue weighted by molar-refractivity contribution is -0.113. The lowest BCUT2D eigenvalue weighted by atomic mass is 10.0. The number of aryl methyl sites for hydroxylation is 1. The van der Waals surface area contributed by atoms with Gasteiger partial charge in [-0.1, -0.05) is 49.9 Å². The third kappa shape index (κ3) is 6.20. The molecule has 0 aliphatic carbocycles. The van der Waals surface area contributed by atoms with E-state index >= 15 is 0 Å². The van der Waals surface area contributed by atoms with Gasteiger partial charge in [0.15, 0.2) is 11.0 Å². The van der Waals surface area contributed by atoms with Crippen LogP contribution in [0.3, 0.4) is 0 Å². The summed E-state index contributed by atoms with van der Waals surface area (Å²) in [4.78, 5) is 12.4. The van der Waals surface area contributed by atoms with Crippen molar-refractivity contribution >= 4 is 23.4 Å². The molecule has 0 spiro atoms. The summed E-state index contributed by atoms with van der Waals surface area (Å²) < 4.78 is 21.2. The molecule has 1 aromatic heterocycles. The molecule has 1 N–H and O–H groups in total. The molecule has 1 heterocycles. The van der Waals surface area contributed by atoms with E-state index in [0.29, 0.717) is 29.1 Å². The number of nitrogens with one attached hydrogen (secondary N) is 1. The molecule has 8 heteroatoms. The first-order valence-corrected chi connectivity index (χ1v) is 11.3. The Morgan fingerprint density at radius 2 is 2.00 bits per heavy atom. The minimum absolute atomic E-state index is 0.114. The van der Waals surface area contributed by atoms with Crippen LogP contribution in [0.15, 0.2) is 60.3 Å². The Kier molecular flexibility index (Phi) is 8.05. The number of carbonyl (C=O) groups is 1. The van der Waals surface area contributed by atoms with E-state index < -0.39 is 5.82 Å². The highest BCUT2D eigenvalue weighted by Crippen LogP contribution is 2.22. The zero-order chi connectivity index (χ0) is 23.1. The molecule has 0 saturated heterocycles. The van der Waals surface area contributed by atoms with Gasteiger partial charge in [-0.25, -0.2) is 4.39 Å². The van der Waals surface area contributed by atoms with E-state index in [1.165, 1.54) is 29.5 Å². The fourth-order valence-electron chi connectivity index (χ4n) is 2.99. The molecule has 168 valence electrons. The van der Waals surface area contributed by atoms with Crippen molar-refractivity contribution in [3.05, 3.63) is 77.9 Å². The van der Waals surface area contributed by atoms with Crippen LogP contribution in [0.4, 0.5) is 10.1 Å². The Labute approximate surface area is 191 Å². The highest BCUT2D eigenvalue weighted by Gasteiger charge is 2.15. The van der Waals surface area contributed by atoms with Crippen LogP contribution in [-0.4, -0.2) is 26.4 Å². The van der Waals surface area contributed by atoms with Gasteiger partial charge < -0.3 is 10.1 Å². The molecule has 1 amide bonds. The van der Waals surface area contributed by atoms with Crippen molar-refractivity contribution in [1.82, 2.24) is 14.8 Å². The van der Waals surface area contributed by atoms with E-state index in [1.807, 2.05) is 23.6 Å². The lowest BCUT2D eigenvalue weighted by Gasteiger charge is -2.11. The monoisotopic (exact) mass is 454 g/mol. The summed E-state index contributed by atoms with van der Waals surface area (Å²) in [6.07, 6.45) is 1.74. The normalized spacial score (nSPS) is 10.9. The number of benzene rings is 2. The van der Waals surface area contributed by atoms with Crippen LogP contribution in [-0.2, 0) is 17.9 Å². The quantitative estimate of drug-likeness (QED) is 0.331. The second kappa shape index (κ2) is 10.9. The molecule has 3 aromatic rings. The smallest absolute Gasteiger partial charge is 0.234 e. The van der Waals surface area contributed by atoms with E-state index in [-0.39, 0.29) is 18.3 Å². The summed E-state index contributed by atoms with van der Waals surface area (Å²) in [6.45, 7) is 10.6. The molecule has 0 atom stereocenters. The van der Waals surface area contributed by atoms with Gasteiger partial charge in [0, 0.05) is 12.2 Å². The number of aromatic nitrogens is 3. The summed E-state index contributed by atoms with van der Waals surface area (Å²) in [5, 5.41) is 11.7. The van der Waals surface area contributed by atoms with Crippen LogP contribution in [0, 0.1) is 12.7 Å². The number of carbonyl (C=O) groups excluding carboxylic acids is 1. The summed E-state index contributed by atoms with van der Waals surface area (Å²) >= 11 is 1.25. The Hall–Kier alpha value is -3.13. The van der Waals surface area contributed by atoms with Crippen molar-refractivity contribution < 1.29 is 13.9 Å². The van der Waals surface area contributed by atoms with Crippen molar-refractivity contribution in [2.45, 2.75) is 45.0 Å². The number of nitrogens with zero attached hydrogens (tertiary/aromatic N) is 3. The van der Waals surface area contributed by atoms with Gasteiger partial charge in [-0.15, -0.1) is 16.8 Å². The number of allylic oxidation sites excluding steroid dienone is 1. The Balaban J connectivity index is 1.61. The van der Waals surface area contributed by atoms with Gasteiger partial charge in [0.25, 0.3) is 0 Å². The molecule has 3 rings (SSSR count). The molecule has 0 aliphatic heterocycles. The highest BCUT2D eigenvalue weighted by atomic mass is 32.2. The fourth-order valence-corrected chi connectivity index (χ4v) is 3.75. The maximum absolute atomic E-state index is 13.4. The van der Waals surface area contributed by atoms with E-state index in [0.717, 1.165) is 11.3 Å². The molecular weight excluding hydrogens is 427 g/mol. The van der Waals surface area contributed by atoms with Crippen molar-refractivity contribution in [3.8, 4) is 5.75 Å². The van der Waals surface area contributed by atoms with Crippen molar-refractivity contribution in [2.24, 2.45) is 0 Å². The minimum atomic E-state index is -0.396. The van der Waals surface area contributed by atoms with Crippen LogP contribution in [0.5, 0.6) is 5.75 Å². The Bertz CT molecular complexity index is 1080. The Morgan fingerprint density at radius 1 is 1.25 bits per heavy atom. The van der Waals surface area contributed by atoms with Gasteiger partial charge >= 0.3 is 0 Å². The zero-order valence-electron chi connectivity index (χ0n) is 18.5. The topological polar surface area (TPSA) is 69.0 Å². The second-order valence-electron chi connectivity index (χ2n) is 7.61. The van der Waals surface area contributed by atoms with E-state index in [9.17, 15) is 9.18 Å². The van der Waals surface area contributed by atoms with Crippen molar-refractivity contribution in [2.75, 3.05) is 11.1 Å². The lowest BCUT2D eigenvalue weighted by Crippen LogP contribution is -2.16. The fraction of sp³-hybridized carbons (Fsp3) is 0.292. The van der Waals surface area contributed by atoms with Gasteiger partial charge in [0.2, 0.25) is 5.91 Å². The minimum Gasteiger partial charge on any atom is -0.486 e. The van der Waals surface area contributed by atoms with Crippen LogP contribution in [0.2, 0.25) is 0 Å². The molecule has 0 saturated carbocycles. The summed E-state index contributed by atoms with van der Waals surface area (Å²) in [7, 11) is 0. The number of hydrogen-bond acceptors (Lipinski definition) is 5. The van der Waals surface area contributed by atoms with Crippen molar-refractivity contribution in [3.63, 3.8) is 0 Å². The first-order valence-electron chi connectivity index (χ1n) is 10.3.